The molecule has 7 nitrogen and oxygen atoms in total. The first kappa shape index (κ1) is 21.3. The van der Waals surface area contributed by atoms with Crippen LogP contribution in [-0.4, -0.2) is 77.3 Å². The van der Waals surface area contributed by atoms with Gasteiger partial charge in [0.1, 0.15) is 11.3 Å². The van der Waals surface area contributed by atoms with Crippen LogP contribution in [0.25, 0.3) is 21.8 Å². The van der Waals surface area contributed by atoms with Crippen molar-refractivity contribution >= 4 is 39.0 Å². The number of halogens is 1. The van der Waals surface area contributed by atoms with Crippen molar-refractivity contribution in [3.05, 3.63) is 54.5 Å². The number of likely N-dealkylation sites (N-methyl/N-ethyl adjacent to an activating group) is 1. The van der Waals surface area contributed by atoms with Crippen molar-refractivity contribution in [1.82, 2.24) is 25.0 Å². The lowest BCUT2D eigenvalue weighted by molar-refractivity contribution is 0.0982. The summed E-state index contributed by atoms with van der Waals surface area (Å²) in [5.74, 6) is 0.357. The molecule has 2 aliphatic heterocycles. The van der Waals surface area contributed by atoms with Gasteiger partial charge in [-0.25, -0.2) is 9.37 Å². The predicted octanol–water partition coefficient (Wildman–Crippen LogP) is 4.21. The number of anilines is 3. The quantitative estimate of drug-likeness (QED) is 0.477. The molecule has 0 amide bonds. The number of rotatable bonds is 4. The van der Waals surface area contributed by atoms with E-state index in [0.29, 0.717) is 28.3 Å². The first-order valence-corrected chi connectivity index (χ1v) is 12.1. The van der Waals surface area contributed by atoms with E-state index in [1.54, 1.807) is 12.3 Å². The normalized spacial score (nSPS) is 18.7. The third-order valence-corrected chi connectivity index (χ3v) is 7.38. The second-order valence-electron chi connectivity index (χ2n) is 9.48. The summed E-state index contributed by atoms with van der Waals surface area (Å²) in [7, 11) is 2.21. The van der Waals surface area contributed by atoms with Crippen molar-refractivity contribution in [2.75, 3.05) is 56.5 Å². The molecule has 4 aromatic rings. The number of hydrogen-bond donors (Lipinski definition) is 2. The Morgan fingerprint density at radius 2 is 1.74 bits per heavy atom. The van der Waals surface area contributed by atoms with Crippen LogP contribution in [0.15, 0.2) is 48.7 Å². The van der Waals surface area contributed by atoms with E-state index in [9.17, 15) is 4.39 Å². The van der Waals surface area contributed by atoms with Crippen LogP contribution in [0.5, 0.6) is 0 Å². The zero-order valence-electron chi connectivity index (χ0n) is 19.5. The average Bonchev–Trinajstić information content (AvgIpc) is 3.36. The van der Waals surface area contributed by atoms with Gasteiger partial charge in [0, 0.05) is 67.5 Å². The molecule has 8 heteroatoms. The molecule has 0 radical (unpaired) electrons. The monoisotopic (exact) mass is 459 g/mol. The molecule has 2 aliphatic rings. The second-order valence-corrected chi connectivity index (χ2v) is 9.48. The SMILES string of the molecule is CN1CCN(C2CCN(c3ccc(Nc4nc5cccc(F)c5c5cn[nH]c45)cc3)CC2)CC1. The topological polar surface area (TPSA) is 63.3 Å². The van der Waals surface area contributed by atoms with E-state index in [1.807, 2.05) is 6.07 Å². The van der Waals surface area contributed by atoms with Crippen molar-refractivity contribution < 1.29 is 4.39 Å². The Morgan fingerprint density at radius 1 is 0.971 bits per heavy atom. The van der Waals surface area contributed by atoms with Gasteiger partial charge in [-0.3, -0.25) is 10.00 Å². The molecule has 0 unspecified atom stereocenters. The Balaban J connectivity index is 1.15. The predicted molar refractivity (Wildman–Crippen MR) is 135 cm³/mol. The van der Waals surface area contributed by atoms with Crippen LogP contribution in [-0.2, 0) is 0 Å². The van der Waals surface area contributed by atoms with Crippen molar-refractivity contribution in [1.29, 1.82) is 0 Å². The molecule has 2 aromatic heterocycles. The minimum Gasteiger partial charge on any atom is -0.371 e. The van der Waals surface area contributed by atoms with E-state index >= 15 is 0 Å². The first-order chi connectivity index (χ1) is 16.7. The number of nitrogens with one attached hydrogen (secondary N) is 2. The van der Waals surface area contributed by atoms with Crippen LogP contribution in [0.3, 0.4) is 0 Å². The van der Waals surface area contributed by atoms with Crippen molar-refractivity contribution in [3.63, 3.8) is 0 Å². The molecular weight excluding hydrogens is 429 g/mol. The van der Waals surface area contributed by atoms with E-state index in [4.69, 9.17) is 0 Å². The third-order valence-electron chi connectivity index (χ3n) is 7.38. The summed E-state index contributed by atoms with van der Waals surface area (Å²) in [6.07, 6.45) is 4.10. The minimum atomic E-state index is -0.288. The van der Waals surface area contributed by atoms with Crippen molar-refractivity contribution in [2.24, 2.45) is 0 Å². The van der Waals surface area contributed by atoms with Crippen molar-refractivity contribution in [2.45, 2.75) is 18.9 Å². The maximum Gasteiger partial charge on any atom is 0.157 e. The number of aromatic nitrogens is 3. The van der Waals surface area contributed by atoms with E-state index in [2.05, 4.69) is 66.5 Å². The maximum absolute atomic E-state index is 14.4. The molecule has 0 atom stereocenters. The number of aromatic amines is 1. The molecule has 0 saturated carbocycles. The second kappa shape index (κ2) is 8.85. The molecule has 176 valence electrons. The van der Waals surface area contributed by atoms with Crippen LogP contribution in [0.1, 0.15) is 12.8 Å². The van der Waals surface area contributed by atoms with Crippen LogP contribution in [0, 0.1) is 5.82 Å². The van der Waals surface area contributed by atoms with Gasteiger partial charge in [-0.2, -0.15) is 5.10 Å². The van der Waals surface area contributed by atoms with Crippen molar-refractivity contribution in [3.8, 4) is 0 Å². The lowest BCUT2D eigenvalue weighted by Gasteiger charge is -2.42. The summed E-state index contributed by atoms with van der Waals surface area (Å²) in [4.78, 5) is 12.3. The minimum absolute atomic E-state index is 0.288. The number of piperazine rings is 1. The average molecular weight is 460 g/mol. The molecule has 2 aromatic carbocycles. The Morgan fingerprint density at radius 3 is 2.50 bits per heavy atom. The molecule has 0 bridgehead atoms. The Kier molecular flexibility index (Phi) is 5.55. The first-order valence-electron chi connectivity index (χ1n) is 12.1. The molecule has 2 N–H and O–H groups in total. The van der Waals surface area contributed by atoms with Gasteiger partial charge < -0.3 is 15.1 Å². The molecule has 0 aliphatic carbocycles. The number of pyridine rings is 1. The van der Waals surface area contributed by atoms with Gasteiger partial charge in [-0.05, 0) is 56.3 Å². The van der Waals surface area contributed by atoms with E-state index in [-0.39, 0.29) is 5.82 Å². The fourth-order valence-electron chi connectivity index (χ4n) is 5.36. The molecular formula is C26H30FN7. The van der Waals surface area contributed by atoms with Crippen LogP contribution >= 0.6 is 0 Å². The fraction of sp³-hybridized carbons (Fsp3) is 0.385. The van der Waals surface area contributed by atoms with Crippen LogP contribution in [0.2, 0.25) is 0 Å². The smallest absolute Gasteiger partial charge is 0.157 e. The summed E-state index contributed by atoms with van der Waals surface area (Å²) in [5, 5.41) is 11.7. The number of piperidine rings is 1. The molecule has 0 spiro atoms. The zero-order valence-corrected chi connectivity index (χ0v) is 19.5. The number of benzene rings is 2. The highest BCUT2D eigenvalue weighted by molar-refractivity contribution is 6.08. The fourth-order valence-corrected chi connectivity index (χ4v) is 5.36. The van der Waals surface area contributed by atoms with Gasteiger partial charge in [0.25, 0.3) is 0 Å². The number of hydrogen-bond acceptors (Lipinski definition) is 6. The van der Waals surface area contributed by atoms with Gasteiger partial charge >= 0.3 is 0 Å². The summed E-state index contributed by atoms with van der Waals surface area (Å²) in [5.41, 5.74) is 3.50. The Bertz CT molecular complexity index is 1290. The molecule has 2 saturated heterocycles. The summed E-state index contributed by atoms with van der Waals surface area (Å²) in [6.45, 7) is 6.94. The van der Waals surface area contributed by atoms with Gasteiger partial charge in [0.05, 0.1) is 11.7 Å². The zero-order chi connectivity index (χ0) is 23.1. The lowest BCUT2D eigenvalue weighted by atomic mass is 10.0. The molecule has 34 heavy (non-hydrogen) atoms. The molecule has 6 rings (SSSR count). The highest BCUT2D eigenvalue weighted by Gasteiger charge is 2.26. The van der Waals surface area contributed by atoms with Crippen LogP contribution in [0.4, 0.5) is 21.6 Å². The van der Waals surface area contributed by atoms with E-state index in [1.165, 1.54) is 50.8 Å². The molecule has 2 fully saturated rings. The number of nitrogens with zero attached hydrogens (tertiary/aromatic N) is 5. The third kappa shape index (κ3) is 3.97. The summed E-state index contributed by atoms with van der Waals surface area (Å²) >= 11 is 0. The lowest BCUT2D eigenvalue weighted by Crippen LogP contribution is -2.52. The van der Waals surface area contributed by atoms with Gasteiger partial charge in [-0.15, -0.1) is 0 Å². The Hall–Kier alpha value is -3.23. The van der Waals surface area contributed by atoms with Gasteiger partial charge in [0.15, 0.2) is 5.82 Å². The highest BCUT2D eigenvalue weighted by atomic mass is 19.1. The van der Waals surface area contributed by atoms with Gasteiger partial charge in [-0.1, -0.05) is 6.07 Å². The summed E-state index contributed by atoms with van der Waals surface area (Å²) < 4.78 is 14.4. The number of H-pyrrole nitrogens is 1. The van der Waals surface area contributed by atoms with E-state index in [0.717, 1.165) is 24.2 Å². The maximum atomic E-state index is 14.4. The number of fused-ring (bicyclic) bond motifs is 3. The Labute approximate surface area is 198 Å². The summed E-state index contributed by atoms with van der Waals surface area (Å²) in [6, 6.07) is 14.2. The molecule has 4 heterocycles. The standard InChI is InChI=1S/C26H30FN7/c1-32-13-15-34(16-14-32)20-9-11-33(12-10-20)19-7-5-18(6-8-19)29-26-25-21(17-28-31-25)24-22(27)3-2-4-23(24)30-26/h2-8,17,20H,9-16H2,1H3,(H,28,31)(H,29,30). The largest absolute Gasteiger partial charge is 0.371 e. The highest BCUT2D eigenvalue weighted by Crippen LogP contribution is 2.32. The van der Waals surface area contributed by atoms with Gasteiger partial charge in [0.2, 0.25) is 0 Å². The van der Waals surface area contributed by atoms with E-state index < -0.39 is 0 Å². The van der Waals surface area contributed by atoms with Crippen LogP contribution < -0.4 is 10.2 Å².